The molecule has 0 aliphatic heterocycles. The van der Waals surface area contributed by atoms with Gasteiger partial charge in [0.2, 0.25) is 47.3 Å². The number of primary amides is 2. The topological polar surface area (TPSA) is 380 Å². The number of amides is 8. The van der Waals surface area contributed by atoms with Crippen molar-refractivity contribution in [1.29, 1.82) is 0 Å². The summed E-state index contributed by atoms with van der Waals surface area (Å²) >= 11 is 0. The van der Waals surface area contributed by atoms with E-state index in [4.69, 9.17) is 17.2 Å². The molecule has 8 atom stereocenters. The maximum atomic E-state index is 13.4. The molecule has 8 amide bonds. The highest BCUT2D eigenvalue weighted by Crippen LogP contribution is 2.19. The van der Waals surface area contributed by atoms with Gasteiger partial charge in [-0.2, -0.15) is 0 Å². The second-order valence-corrected chi connectivity index (χ2v) is 13.8. The molecular weight excluding hydrogens is 752 g/mol. The number of aliphatic carboxylic acids is 1. The minimum atomic E-state index is -1.79. The molecule has 2 aromatic rings. The number of rotatable bonds is 23. The third-order valence-electron chi connectivity index (χ3n) is 8.60. The van der Waals surface area contributed by atoms with E-state index in [9.17, 15) is 58.5 Å². The van der Waals surface area contributed by atoms with Gasteiger partial charge in [0, 0.05) is 23.5 Å². The van der Waals surface area contributed by atoms with Crippen molar-refractivity contribution in [3.63, 3.8) is 0 Å². The number of aromatic amines is 1. The lowest BCUT2D eigenvalue weighted by Gasteiger charge is -2.28. The Morgan fingerprint density at radius 2 is 1.26 bits per heavy atom. The average Bonchev–Trinajstić information content (AvgIpc) is 3.53. The first kappa shape index (κ1) is 47.0. The van der Waals surface area contributed by atoms with E-state index in [1.54, 1.807) is 6.20 Å². The fourth-order valence-corrected chi connectivity index (χ4v) is 5.47. The standard InChI is InChI=1S/C35H52N10O12/c1-15(2)27(33(54)45-29(17(4)47)34(55)41-22(9-10-24(37)48)31(52)42-23(35(56)57)12-25(38)49)43-26(50)14-40-32(53)28(16(3)46)44-30(51)20(36)11-18-13-39-21-8-6-5-7-19(18)21/h5-8,13,15-17,20,22-23,27-29,39,46-47H,9-12,14,36H2,1-4H3,(H2,37,48)(H2,38,49)(H,40,53)(H,41,55)(H,42,52)(H,43,50)(H,44,51)(H,45,54)(H,56,57)/t16-,17-,20+,22+,23+,27+,28+,29+/m1/s1. The van der Waals surface area contributed by atoms with Crippen LogP contribution < -0.4 is 49.1 Å². The Labute approximate surface area is 326 Å². The summed E-state index contributed by atoms with van der Waals surface area (Å²) in [5, 5.41) is 44.4. The molecule has 1 aromatic carbocycles. The first-order valence-electron chi connectivity index (χ1n) is 17.9. The second kappa shape index (κ2) is 21.8. The molecule has 0 unspecified atom stereocenters. The molecule has 314 valence electrons. The zero-order chi connectivity index (χ0) is 43.1. The van der Waals surface area contributed by atoms with Crippen molar-refractivity contribution in [3.8, 4) is 0 Å². The number of hydrogen-bond acceptors (Lipinski definition) is 12. The van der Waals surface area contributed by atoms with Crippen molar-refractivity contribution < 1.29 is 58.5 Å². The minimum Gasteiger partial charge on any atom is -0.480 e. The summed E-state index contributed by atoms with van der Waals surface area (Å²) in [6.45, 7) is 4.72. The van der Waals surface area contributed by atoms with Crippen molar-refractivity contribution in [1.82, 2.24) is 36.9 Å². The van der Waals surface area contributed by atoms with Gasteiger partial charge in [0.05, 0.1) is 31.2 Å². The molecule has 22 heteroatoms. The van der Waals surface area contributed by atoms with Gasteiger partial charge in [-0.25, -0.2) is 4.79 Å². The zero-order valence-corrected chi connectivity index (χ0v) is 31.9. The van der Waals surface area contributed by atoms with E-state index in [-0.39, 0.29) is 6.42 Å². The lowest BCUT2D eigenvalue weighted by molar-refractivity contribution is -0.144. The lowest BCUT2D eigenvalue weighted by Crippen LogP contribution is -2.61. The minimum absolute atomic E-state index is 0.111. The van der Waals surface area contributed by atoms with Crippen LogP contribution in [0.2, 0.25) is 0 Å². The summed E-state index contributed by atoms with van der Waals surface area (Å²) < 4.78 is 0. The van der Waals surface area contributed by atoms with Crippen LogP contribution in [0, 0.1) is 5.92 Å². The van der Waals surface area contributed by atoms with Gasteiger partial charge in [-0.15, -0.1) is 0 Å². The molecule has 0 spiro atoms. The Bertz CT molecular complexity index is 1800. The summed E-state index contributed by atoms with van der Waals surface area (Å²) in [6.07, 6.45) is -2.90. The maximum absolute atomic E-state index is 13.4. The largest absolute Gasteiger partial charge is 0.480 e. The number of nitrogens with one attached hydrogen (secondary N) is 7. The quantitative estimate of drug-likeness (QED) is 0.0502. The average molecular weight is 805 g/mol. The highest BCUT2D eigenvalue weighted by atomic mass is 16.4. The predicted octanol–water partition coefficient (Wildman–Crippen LogP) is -4.78. The number of H-pyrrole nitrogens is 1. The SMILES string of the molecule is CC(C)[C@H](NC(=O)CNC(=O)[C@@H](NC(=O)[C@@H](N)Cc1c[nH]c2ccccc12)[C@@H](C)O)C(=O)N[C@H](C(=O)N[C@@H](CCC(N)=O)C(=O)N[C@@H](CC(N)=O)C(=O)O)[C@@H](C)O. The van der Waals surface area contributed by atoms with Gasteiger partial charge in [0.25, 0.3) is 0 Å². The number of carbonyl (C=O) groups excluding carboxylic acids is 8. The van der Waals surface area contributed by atoms with E-state index >= 15 is 0 Å². The first-order valence-corrected chi connectivity index (χ1v) is 17.9. The second-order valence-electron chi connectivity index (χ2n) is 13.8. The summed E-state index contributed by atoms with van der Waals surface area (Å²) in [4.78, 5) is 116. The van der Waals surface area contributed by atoms with E-state index in [2.05, 4.69) is 31.6 Å². The van der Waals surface area contributed by atoms with Crippen LogP contribution in [0.15, 0.2) is 30.5 Å². The fraction of sp³-hybridized carbons (Fsp3) is 0.514. The van der Waals surface area contributed by atoms with Gasteiger partial charge < -0.3 is 69.4 Å². The highest BCUT2D eigenvalue weighted by Gasteiger charge is 2.35. The molecule has 0 bridgehead atoms. The van der Waals surface area contributed by atoms with Crippen LogP contribution in [0.1, 0.15) is 52.5 Å². The van der Waals surface area contributed by atoms with Gasteiger partial charge in [0.1, 0.15) is 30.2 Å². The van der Waals surface area contributed by atoms with Crippen molar-refractivity contribution in [2.24, 2.45) is 23.1 Å². The van der Waals surface area contributed by atoms with Crippen LogP contribution in [0.4, 0.5) is 0 Å². The van der Waals surface area contributed by atoms with E-state index in [1.807, 2.05) is 29.6 Å². The van der Waals surface area contributed by atoms with Crippen LogP contribution in [-0.4, -0.2) is 129 Å². The van der Waals surface area contributed by atoms with Gasteiger partial charge >= 0.3 is 5.97 Å². The van der Waals surface area contributed by atoms with Crippen LogP contribution >= 0.6 is 0 Å². The van der Waals surface area contributed by atoms with Crippen molar-refractivity contribution in [2.45, 2.75) is 102 Å². The van der Waals surface area contributed by atoms with Crippen LogP contribution in [0.25, 0.3) is 10.9 Å². The van der Waals surface area contributed by atoms with Gasteiger partial charge in [0.15, 0.2) is 0 Å². The number of carbonyl (C=O) groups is 9. The normalized spacial score (nSPS) is 15.4. The molecule has 57 heavy (non-hydrogen) atoms. The number of fused-ring (bicyclic) bond motifs is 1. The molecule has 16 N–H and O–H groups in total. The molecule has 22 nitrogen and oxygen atoms in total. The molecule has 0 aliphatic carbocycles. The molecular formula is C35H52N10O12. The van der Waals surface area contributed by atoms with Crippen molar-refractivity contribution in [3.05, 3.63) is 36.0 Å². The molecule has 1 aromatic heterocycles. The number of aliphatic hydroxyl groups is 2. The number of aliphatic hydroxyl groups excluding tert-OH is 2. The Hall–Kier alpha value is -6.13. The molecule has 1 heterocycles. The van der Waals surface area contributed by atoms with E-state index < -0.39 is 133 Å². The van der Waals surface area contributed by atoms with E-state index in [0.717, 1.165) is 23.4 Å². The van der Waals surface area contributed by atoms with Crippen molar-refractivity contribution in [2.75, 3.05) is 6.54 Å². The summed E-state index contributed by atoms with van der Waals surface area (Å²) in [7, 11) is 0. The number of carboxylic acids is 1. The number of para-hydroxylation sites is 1. The third-order valence-corrected chi connectivity index (χ3v) is 8.60. The summed E-state index contributed by atoms with van der Waals surface area (Å²) in [6, 6.07) is -1.79. The number of aromatic nitrogens is 1. The number of benzene rings is 1. The number of nitrogens with two attached hydrogens (primary N) is 3. The van der Waals surface area contributed by atoms with Crippen LogP contribution in [0.5, 0.6) is 0 Å². The molecule has 0 aliphatic rings. The van der Waals surface area contributed by atoms with Gasteiger partial charge in [-0.3, -0.25) is 38.4 Å². The van der Waals surface area contributed by atoms with Gasteiger partial charge in [-0.05, 0) is 44.2 Å². The Balaban J connectivity index is 2.07. The maximum Gasteiger partial charge on any atom is 0.326 e. The number of hydrogen-bond donors (Lipinski definition) is 13. The molecule has 2 rings (SSSR count). The van der Waals surface area contributed by atoms with Crippen LogP contribution in [-0.2, 0) is 49.6 Å². The van der Waals surface area contributed by atoms with Crippen LogP contribution in [0.3, 0.4) is 0 Å². The predicted molar refractivity (Wildman–Crippen MR) is 201 cm³/mol. The Morgan fingerprint density at radius 3 is 1.82 bits per heavy atom. The molecule has 0 saturated carbocycles. The summed E-state index contributed by atoms with van der Waals surface area (Å²) in [5.74, 6) is -10.1. The van der Waals surface area contributed by atoms with E-state index in [1.165, 1.54) is 20.8 Å². The molecule has 0 radical (unpaired) electrons. The van der Waals surface area contributed by atoms with Gasteiger partial charge in [-0.1, -0.05) is 32.0 Å². The molecule has 0 fully saturated rings. The monoisotopic (exact) mass is 804 g/mol. The number of carboxylic acid groups (broad SMARTS) is 1. The smallest absolute Gasteiger partial charge is 0.326 e. The highest BCUT2D eigenvalue weighted by molar-refractivity contribution is 5.97. The lowest BCUT2D eigenvalue weighted by atomic mass is 10.0. The Kier molecular flexibility index (Phi) is 18.0. The first-order chi connectivity index (χ1) is 26.6. The third kappa shape index (κ3) is 14.8. The zero-order valence-electron chi connectivity index (χ0n) is 31.9. The summed E-state index contributed by atoms with van der Waals surface area (Å²) in [5.41, 5.74) is 17.9. The van der Waals surface area contributed by atoms with E-state index in [0.29, 0.717) is 0 Å². The Morgan fingerprint density at radius 1 is 0.702 bits per heavy atom. The van der Waals surface area contributed by atoms with Crippen molar-refractivity contribution >= 4 is 64.1 Å². The fourth-order valence-electron chi connectivity index (χ4n) is 5.47. The molecule has 0 saturated heterocycles.